The molecule has 0 atom stereocenters. The maximum absolute atomic E-state index is 10.5. The Labute approximate surface area is 96.5 Å². The van der Waals surface area contributed by atoms with Gasteiger partial charge >= 0.3 is 0 Å². The first-order valence-corrected chi connectivity index (χ1v) is 5.02. The van der Waals surface area contributed by atoms with E-state index in [1.165, 1.54) is 12.1 Å². The molecule has 2 rings (SSSR count). The van der Waals surface area contributed by atoms with Crippen LogP contribution in [0.5, 0.6) is 0 Å². The molecule has 1 heterocycles. The second-order valence-electron chi connectivity index (χ2n) is 3.39. The topological polar surface area (TPSA) is 63.9 Å². The second-order valence-corrected chi connectivity index (χ2v) is 3.80. The number of benzene rings is 1. The van der Waals surface area contributed by atoms with Crippen LogP contribution in [0.3, 0.4) is 0 Å². The summed E-state index contributed by atoms with van der Waals surface area (Å²) < 4.78 is 2.35. The minimum atomic E-state index is -0.428. The van der Waals surface area contributed by atoms with Crippen LogP contribution in [0.2, 0.25) is 0 Å². The summed E-state index contributed by atoms with van der Waals surface area (Å²) in [5, 5.41) is 13.5. The number of nitro groups is 1. The predicted octanol–water partition coefficient (Wildman–Crippen LogP) is 2.75. The van der Waals surface area contributed by atoms with Crippen LogP contribution in [0.15, 0.2) is 30.3 Å². The highest BCUT2D eigenvalue weighted by Crippen LogP contribution is 2.15. The van der Waals surface area contributed by atoms with Gasteiger partial charge in [0.1, 0.15) is 4.64 Å². The minimum absolute atomic E-state index is 0.0681. The molecule has 0 fully saturated rings. The van der Waals surface area contributed by atoms with Gasteiger partial charge in [-0.3, -0.25) is 15.2 Å². The predicted molar refractivity (Wildman–Crippen MR) is 62.3 cm³/mol. The molecule has 0 aliphatic carbocycles. The average Bonchev–Trinajstić information content (AvgIpc) is 2.58. The number of rotatable bonds is 2. The minimum Gasteiger partial charge on any atom is -0.297 e. The summed E-state index contributed by atoms with van der Waals surface area (Å²) in [6, 6.07) is 8.05. The van der Waals surface area contributed by atoms with Gasteiger partial charge in [-0.2, -0.15) is 0 Å². The Morgan fingerprint density at radius 3 is 2.44 bits per heavy atom. The zero-order valence-corrected chi connectivity index (χ0v) is 9.32. The van der Waals surface area contributed by atoms with Crippen molar-refractivity contribution in [3.8, 4) is 5.69 Å². The van der Waals surface area contributed by atoms with Gasteiger partial charge in [0.25, 0.3) is 5.69 Å². The Morgan fingerprint density at radius 2 is 2.00 bits per heavy atom. The number of aryl methyl sites for hydroxylation is 1. The van der Waals surface area contributed by atoms with E-state index in [-0.39, 0.29) is 5.69 Å². The molecule has 0 bridgehead atoms. The highest BCUT2D eigenvalue weighted by atomic mass is 32.1. The van der Waals surface area contributed by atoms with E-state index in [0.29, 0.717) is 4.64 Å². The number of nitrogens with one attached hydrogen (secondary N) is 1. The molecule has 0 radical (unpaired) electrons. The summed E-state index contributed by atoms with van der Waals surface area (Å²) in [4.78, 5) is 10.1. The molecule has 0 aliphatic heterocycles. The number of non-ortho nitro benzene ring substituents is 1. The third kappa shape index (κ3) is 1.87. The van der Waals surface area contributed by atoms with Gasteiger partial charge < -0.3 is 0 Å². The van der Waals surface area contributed by atoms with Crippen molar-refractivity contribution in [2.24, 2.45) is 0 Å². The zero-order valence-electron chi connectivity index (χ0n) is 8.51. The Morgan fingerprint density at radius 1 is 1.38 bits per heavy atom. The Bertz CT molecular complexity index is 583. The van der Waals surface area contributed by atoms with Crippen LogP contribution in [0.4, 0.5) is 5.69 Å². The smallest absolute Gasteiger partial charge is 0.269 e. The lowest BCUT2D eigenvalue weighted by molar-refractivity contribution is -0.384. The first-order chi connectivity index (χ1) is 7.58. The molecule has 0 spiro atoms. The largest absolute Gasteiger partial charge is 0.297 e. The number of hydrogen-bond donors (Lipinski definition) is 1. The quantitative estimate of drug-likeness (QED) is 0.494. The van der Waals surface area contributed by atoms with Crippen molar-refractivity contribution in [1.29, 1.82) is 0 Å². The maximum atomic E-state index is 10.5. The summed E-state index contributed by atoms with van der Waals surface area (Å²) in [6.07, 6.45) is 0. The van der Waals surface area contributed by atoms with E-state index in [9.17, 15) is 10.1 Å². The highest BCUT2D eigenvalue weighted by molar-refractivity contribution is 7.71. The molecule has 5 nitrogen and oxygen atoms in total. The molecule has 2 aromatic rings. The molecule has 0 saturated carbocycles. The van der Waals surface area contributed by atoms with Crippen molar-refractivity contribution in [3.63, 3.8) is 0 Å². The molecule has 1 aromatic heterocycles. The van der Waals surface area contributed by atoms with Gasteiger partial charge in [-0.05, 0) is 25.1 Å². The lowest BCUT2D eigenvalue weighted by Gasteiger charge is -2.01. The number of aromatic nitrogens is 2. The van der Waals surface area contributed by atoms with Crippen molar-refractivity contribution >= 4 is 17.9 Å². The Balaban J connectivity index is 2.46. The summed E-state index contributed by atoms with van der Waals surface area (Å²) >= 11 is 5.14. The van der Waals surface area contributed by atoms with E-state index >= 15 is 0 Å². The number of hydrogen-bond acceptors (Lipinski definition) is 3. The van der Waals surface area contributed by atoms with Crippen molar-refractivity contribution < 1.29 is 4.92 Å². The molecule has 16 heavy (non-hydrogen) atoms. The van der Waals surface area contributed by atoms with Gasteiger partial charge in [0.05, 0.1) is 10.6 Å². The van der Waals surface area contributed by atoms with Crippen molar-refractivity contribution in [2.45, 2.75) is 6.92 Å². The molecular formula is C10H9N3O2S. The molecule has 1 N–H and O–H groups in total. The molecule has 0 aliphatic rings. The van der Waals surface area contributed by atoms with E-state index in [4.69, 9.17) is 12.2 Å². The first-order valence-electron chi connectivity index (χ1n) is 4.61. The van der Waals surface area contributed by atoms with Gasteiger partial charge in [0, 0.05) is 17.8 Å². The number of nitrogens with zero attached hydrogens (tertiary/aromatic N) is 2. The monoisotopic (exact) mass is 235 g/mol. The SMILES string of the molecule is Cc1cc(=S)n(-c2ccc([N+](=O)[O-])cc2)[nH]1. The third-order valence-electron chi connectivity index (χ3n) is 2.17. The van der Waals surface area contributed by atoms with Crippen molar-refractivity contribution in [2.75, 3.05) is 0 Å². The average molecular weight is 235 g/mol. The lowest BCUT2D eigenvalue weighted by Crippen LogP contribution is -1.97. The van der Waals surface area contributed by atoms with Crippen LogP contribution >= 0.6 is 12.2 Å². The van der Waals surface area contributed by atoms with E-state index in [2.05, 4.69) is 5.10 Å². The number of nitro benzene ring substituents is 1. The van der Waals surface area contributed by atoms with Crippen molar-refractivity contribution in [3.05, 3.63) is 50.8 Å². The summed E-state index contributed by atoms with van der Waals surface area (Å²) in [6.45, 7) is 1.90. The summed E-state index contributed by atoms with van der Waals surface area (Å²) in [5.74, 6) is 0. The van der Waals surface area contributed by atoms with E-state index < -0.39 is 4.92 Å². The maximum Gasteiger partial charge on any atom is 0.269 e. The van der Waals surface area contributed by atoms with Crippen LogP contribution in [-0.2, 0) is 0 Å². The highest BCUT2D eigenvalue weighted by Gasteiger charge is 2.05. The Hall–Kier alpha value is -1.95. The standard InChI is InChI=1S/C10H9N3O2S/c1-7-6-10(16)12(11-7)8-2-4-9(5-3-8)13(14)15/h2-6,11H,1H3. The Kier molecular flexibility index (Phi) is 2.57. The van der Waals surface area contributed by atoms with E-state index in [1.54, 1.807) is 16.8 Å². The third-order valence-corrected chi connectivity index (χ3v) is 2.47. The number of aromatic amines is 1. The zero-order chi connectivity index (χ0) is 11.7. The van der Waals surface area contributed by atoms with Crippen LogP contribution in [0.25, 0.3) is 5.69 Å². The van der Waals surface area contributed by atoms with E-state index in [0.717, 1.165) is 11.4 Å². The van der Waals surface area contributed by atoms with Crippen LogP contribution in [0, 0.1) is 21.7 Å². The fourth-order valence-electron chi connectivity index (χ4n) is 1.43. The van der Waals surface area contributed by atoms with Crippen LogP contribution in [0.1, 0.15) is 5.69 Å². The molecule has 0 amide bonds. The fourth-order valence-corrected chi connectivity index (χ4v) is 1.76. The van der Waals surface area contributed by atoms with Gasteiger partial charge in [-0.15, -0.1) is 0 Å². The van der Waals surface area contributed by atoms with Gasteiger partial charge in [-0.25, -0.2) is 4.68 Å². The van der Waals surface area contributed by atoms with Gasteiger partial charge in [0.2, 0.25) is 0 Å². The lowest BCUT2D eigenvalue weighted by atomic mass is 10.3. The summed E-state index contributed by atoms with van der Waals surface area (Å²) in [5.41, 5.74) is 1.80. The molecule has 0 unspecified atom stereocenters. The molecule has 0 saturated heterocycles. The number of H-pyrrole nitrogens is 1. The van der Waals surface area contributed by atoms with Gasteiger partial charge in [0.15, 0.2) is 0 Å². The normalized spacial score (nSPS) is 10.3. The summed E-state index contributed by atoms with van der Waals surface area (Å²) in [7, 11) is 0. The molecular weight excluding hydrogens is 226 g/mol. The molecule has 6 heteroatoms. The van der Waals surface area contributed by atoms with E-state index in [1.807, 2.05) is 13.0 Å². The van der Waals surface area contributed by atoms with Gasteiger partial charge in [-0.1, -0.05) is 12.2 Å². The van der Waals surface area contributed by atoms with Crippen molar-refractivity contribution in [1.82, 2.24) is 9.78 Å². The van der Waals surface area contributed by atoms with Crippen LogP contribution in [-0.4, -0.2) is 14.7 Å². The first kappa shape index (κ1) is 10.6. The second kappa shape index (κ2) is 3.90. The molecule has 82 valence electrons. The molecule has 1 aromatic carbocycles. The fraction of sp³-hybridized carbons (Fsp3) is 0.100. The van der Waals surface area contributed by atoms with Crippen LogP contribution < -0.4 is 0 Å².